The van der Waals surface area contributed by atoms with Gasteiger partial charge in [0, 0.05) is 86.7 Å². The second-order valence-corrected chi connectivity index (χ2v) is 11.3. The number of pyridine rings is 2. The van der Waals surface area contributed by atoms with Gasteiger partial charge in [-0.15, -0.1) is 0 Å². The van der Waals surface area contributed by atoms with Crippen molar-refractivity contribution in [3.63, 3.8) is 0 Å². The molecule has 0 saturated carbocycles. The Morgan fingerprint density at radius 3 is 2.80 bits per heavy atom. The predicted molar refractivity (Wildman–Crippen MR) is 163 cm³/mol. The van der Waals surface area contributed by atoms with Crippen LogP contribution in [0.2, 0.25) is 0 Å². The smallest absolute Gasteiger partial charge is 0.279 e. The van der Waals surface area contributed by atoms with Crippen LogP contribution in [0.15, 0.2) is 46.1 Å². The van der Waals surface area contributed by atoms with Gasteiger partial charge in [-0.25, -0.2) is 14.4 Å². The molecule has 44 heavy (non-hydrogen) atoms. The van der Waals surface area contributed by atoms with Crippen molar-refractivity contribution in [2.24, 2.45) is 17.8 Å². The Balaban J connectivity index is 1.35. The molecule has 3 aliphatic rings. The van der Waals surface area contributed by atoms with Crippen LogP contribution in [0.5, 0.6) is 0 Å². The second-order valence-electron chi connectivity index (χ2n) is 11.3. The number of nitrogens with one attached hydrogen (secondary N) is 1. The molecule has 0 spiro atoms. The van der Waals surface area contributed by atoms with Crippen molar-refractivity contribution in [1.29, 1.82) is 0 Å². The average Bonchev–Trinajstić information content (AvgIpc) is 3.31. The molecular weight excluding hydrogens is 567 g/mol. The largest absolute Gasteiger partial charge is 0.392 e. The van der Waals surface area contributed by atoms with Crippen LogP contribution in [-0.2, 0) is 37.8 Å². The van der Waals surface area contributed by atoms with Gasteiger partial charge in [0.2, 0.25) is 5.91 Å². The number of rotatable bonds is 5. The number of aryl methyl sites for hydroxylation is 1. The summed E-state index contributed by atoms with van der Waals surface area (Å²) in [6.07, 6.45) is 7.97. The number of nitrogens with two attached hydrogens (primary N) is 1. The molecule has 4 N–H and O–H groups in total. The number of anilines is 1. The number of carbonyl (C=O) groups excluding carboxylic acids is 2. The van der Waals surface area contributed by atoms with E-state index in [9.17, 15) is 19.5 Å². The Labute approximate surface area is 253 Å². The van der Waals surface area contributed by atoms with Crippen LogP contribution in [0, 0.1) is 5.82 Å². The topological polar surface area (TPSA) is 151 Å². The van der Waals surface area contributed by atoms with Gasteiger partial charge in [-0.05, 0) is 43.4 Å². The number of piperazine rings is 1. The quantitative estimate of drug-likeness (QED) is 0.297. The number of aromatic nitrogens is 3. The van der Waals surface area contributed by atoms with E-state index in [-0.39, 0.29) is 41.0 Å². The Morgan fingerprint density at radius 2 is 2.02 bits per heavy atom. The molecule has 0 radical (unpaired) electrons. The average molecular weight is 603 g/mol. The lowest BCUT2D eigenvalue weighted by Gasteiger charge is -2.30. The van der Waals surface area contributed by atoms with Crippen molar-refractivity contribution >= 4 is 29.2 Å². The van der Waals surface area contributed by atoms with E-state index in [2.05, 4.69) is 15.3 Å². The second kappa shape index (κ2) is 11.7. The first kappa shape index (κ1) is 29.3. The summed E-state index contributed by atoms with van der Waals surface area (Å²) >= 11 is 0. The summed E-state index contributed by atoms with van der Waals surface area (Å²) in [5.74, 6) is -0.677. The first-order valence-electron chi connectivity index (χ1n) is 14.7. The van der Waals surface area contributed by atoms with Gasteiger partial charge < -0.3 is 30.2 Å². The molecule has 0 bridgehead atoms. The number of amides is 2. The number of hydrogen-bond donors (Lipinski definition) is 3. The lowest BCUT2D eigenvalue weighted by atomic mass is 9.97. The highest BCUT2D eigenvalue weighted by molar-refractivity contribution is 6.06. The van der Waals surface area contributed by atoms with E-state index in [4.69, 9.17) is 5.73 Å². The van der Waals surface area contributed by atoms with E-state index >= 15 is 4.39 Å². The fourth-order valence-electron chi connectivity index (χ4n) is 6.38. The van der Waals surface area contributed by atoms with E-state index in [1.54, 1.807) is 36.4 Å². The number of halogens is 1. The fourth-order valence-corrected chi connectivity index (χ4v) is 6.38. The molecule has 0 atom stereocenters. The Bertz CT molecular complexity index is 1790. The zero-order valence-corrected chi connectivity index (χ0v) is 24.8. The van der Waals surface area contributed by atoms with Crippen LogP contribution in [0.25, 0.3) is 11.1 Å². The summed E-state index contributed by atoms with van der Waals surface area (Å²) < 4.78 is 18.7. The van der Waals surface area contributed by atoms with Crippen LogP contribution in [-0.4, -0.2) is 68.0 Å². The molecule has 5 heterocycles. The van der Waals surface area contributed by atoms with Crippen molar-refractivity contribution < 1.29 is 19.1 Å². The molecule has 3 aromatic heterocycles. The molecular formula is C31H35FN8O4. The number of aliphatic imine (C=N–C) groups is 1. The third-order valence-electron chi connectivity index (χ3n) is 8.54. The van der Waals surface area contributed by atoms with E-state index in [1.165, 1.54) is 22.6 Å². The van der Waals surface area contributed by atoms with Crippen LogP contribution in [0.3, 0.4) is 0 Å². The Morgan fingerprint density at radius 1 is 1.23 bits per heavy atom. The third-order valence-corrected chi connectivity index (χ3v) is 8.54. The number of fused-ring (bicyclic) bond motifs is 3. The summed E-state index contributed by atoms with van der Waals surface area (Å²) in [4.78, 5) is 50.4. The van der Waals surface area contributed by atoms with Crippen molar-refractivity contribution in [2.45, 2.75) is 45.8 Å². The number of nitrogens with zero attached hydrogens (tertiary/aromatic N) is 6. The maximum Gasteiger partial charge on any atom is 0.279 e. The highest BCUT2D eigenvalue weighted by Crippen LogP contribution is 2.36. The minimum atomic E-state index is -0.492. The SMILES string of the molecule is CC(=O)N1CCN/C(=C\C(N)=Nc2cc(-c3ccnc(N4CCn5c6c(c(F)c5C4=O)CCCC6)c3CO)cn(C)c2=O)C1. The minimum Gasteiger partial charge on any atom is -0.392 e. The van der Waals surface area contributed by atoms with Crippen LogP contribution in [0.4, 0.5) is 15.9 Å². The van der Waals surface area contributed by atoms with Gasteiger partial charge in [-0.2, -0.15) is 0 Å². The molecule has 2 aliphatic heterocycles. The van der Waals surface area contributed by atoms with Gasteiger partial charge in [0.05, 0.1) is 13.2 Å². The first-order chi connectivity index (χ1) is 21.2. The van der Waals surface area contributed by atoms with E-state index in [1.807, 2.05) is 4.57 Å². The van der Waals surface area contributed by atoms with Gasteiger partial charge in [-0.3, -0.25) is 19.3 Å². The highest BCUT2D eigenvalue weighted by atomic mass is 19.1. The van der Waals surface area contributed by atoms with Gasteiger partial charge in [-0.1, -0.05) is 0 Å². The summed E-state index contributed by atoms with van der Waals surface area (Å²) in [5, 5.41) is 13.7. The lowest BCUT2D eigenvalue weighted by Crippen LogP contribution is -2.44. The monoisotopic (exact) mass is 602 g/mol. The molecule has 1 fully saturated rings. The highest BCUT2D eigenvalue weighted by Gasteiger charge is 2.36. The predicted octanol–water partition coefficient (Wildman–Crippen LogP) is 1.74. The zero-order valence-electron chi connectivity index (χ0n) is 24.8. The number of aliphatic hydroxyl groups is 1. The molecule has 13 heteroatoms. The van der Waals surface area contributed by atoms with Crippen molar-refractivity contribution in [1.82, 2.24) is 24.3 Å². The number of carbonyl (C=O) groups is 2. The van der Waals surface area contributed by atoms with Crippen LogP contribution < -0.4 is 21.5 Å². The van der Waals surface area contributed by atoms with E-state index in [0.717, 1.165) is 25.0 Å². The van der Waals surface area contributed by atoms with Gasteiger partial charge in [0.25, 0.3) is 11.5 Å². The van der Waals surface area contributed by atoms with E-state index < -0.39 is 18.3 Å². The zero-order chi connectivity index (χ0) is 31.1. The Hall–Kier alpha value is -4.78. The molecule has 0 aromatic carbocycles. The van der Waals surface area contributed by atoms with Gasteiger partial charge in [0.1, 0.15) is 23.0 Å². The maximum absolute atomic E-state index is 15.5. The fraction of sp³-hybridized carbons (Fsp3) is 0.387. The summed E-state index contributed by atoms with van der Waals surface area (Å²) in [6, 6.07) is 3.26. The Kier molecular flexibility index (Phi) is 7.80. The number of aliphatic hydroxyl groups excluding tert-OH is 1. The number of amidine groups is 1. The van der Waals surface area contributed by atoms with E-state index in [0.29, 0.717) is 60.6 Å². The standard InChI is InChI=1S/C31H35FN8O4/c1-18(42)38-10-9-34-20(16-38)14-26(33)36-24-13-19(15-37(2)30(24)43)21-7-8-35-29(23(21)17-41)40-12-11-39-25-6-4-3-5-22(25)27(32)28(39)31(40)44/h7-8,13-15,34,41H,3-6,9-12,16-17H2,1-2H3,(H2,33,36)/b20-14-. The lowest BCUT2D eigenvalue weighted by molar-refractivity contribution is -0.128. The normalized spacial score (nSPS) is 17.9. The molecule has 3 aromatic rings. The van der Waals surface area contributed by atoms with Gasteiger partial charge in [0.15, 0.2) is 5.82 Å². The van der Waals surface area contributed by atoms with Gasteiger partial charge >= 0.3 is 0 Å². The van der Waals surface area contributed by atoms with Crippen LogP contribution >= 0.6 is 0 Å². The summed E-state index contributed by atoms with van der Waals surface area (Å²) in [5.41, 5.74) is 9.63. The van der Waals surface area contributed by atoms with Crippen molar-refractivity contribution in [2.75, 3.05) is 31.1 Å². The number of hydrogen-bond acceptors (Lipinski definition) is 7. The molecule has 6 rings (SSSR count). The van der Waals surface area contributed by atoms with Crippen molar-refractivity contribution in [3.05, 3.63) is 75.0 Å². The molecule has 230 valence electrons. The maximum atomic E-state index is 15.5. The summed E-state index contributed by atoms with van der Waals surface area (Å²) in [6.45, 7) is 3.27. The third kappa shape index (κ3) is 5.17. The molecule has 0 unspecified atom stereocenters. The molecule has 1 aliphatic carbocycles. The molecule has 12 nitrogen and oxygen atoms in total. The molecule has 2 amide bonds. The summed E-state index contributed by atoms with van der Waals surface area (Å²) in [7, 11) is 1.58. The first-order valence-corrected chi connectivity index (χ1v) is 14.7. The van der Waals surface area contributed by atoms with Crippen LogP contribution in [0.1, 0.15) is 47.1 Å². The molecule has 1 saturated heterocycles. The minimum absolute atomic E-state index is 0.0430. The van der Waals surface area contributed by atoms with Crippen molar-refractivity contribution in [3.8, 4) is 11.1 Å².